The van der Waals surface area contributed by atoms with Gasteiger partial charge >= 0.3 is 0 Å². The molecule has 0 amide bonds. The molecule has 0 radical (unpaired) electrons. The highest BCUT2D eigenvalue weighted by atomic mass is 16.6. The predicted octanol–water partition coefficient (Wildman–Crippen LogP) is 3.17. The largest absolute Gasteiger partial charge is 0.496 e. The van der Waals surface area contributed by atoms with Gasteiger partial charge in [0.25, 0.3) is 0 Å². The van der Waals surface area contributed by atoms with Crippen molar-refractivity contribution in [1.82, 2.24) is 19.7 Å². The average Bonchev–Trinajstić information content (AvgIpc) is 3.29. The van der Waals surface area contributed by atoms with Crippen LogP contribution in [-0.2, 0) is 6.42 Å². The molecule has 0 spiro atoms. The molecule has 7 heteroatoms. The van der Waals surface area contributed by atoms with E-state index in [0.29, 0.717) is 24.7 Å². The van der Waals surface area contributed by atoms with Gasteiger partial charge in [-0.3, -0.25) is 5.10 Å². The zero-order valence-corrected chi connectivity index (χ0v) is 15.2. The maximum absolute atomic E-state index is 5.73. The van der Waals surface area contributed by atoms with E-state index < -0.39 is 0 Å². The molecule has 0 saturated carbocycles. The van der Waals surface area contributed by atoms with E-state index >= 15 is 0 Å². The van der Waals surface area contributed by atoms with E-state index in [1.807, 2.05) is 25.3 Å². The van der Waals surface area contributed by atoms with Crippen molar-refractivity contribution in [2.24, 2.45) is 0 Å². The standard InChI is InChI=1S/C19H22N4O3/c1-12-8-14(22-21-12)9-13(2)23-5-4-20-19(23)15-10-17-18(11-16(15)24-3)26-7-6-25-17/h4-5,8,10-11,13H,6-7,9H2,1-3H3,(H,21,22). The van der Waals surface area contributed by atoms with Gasteiger partial charge in [0.2, 0.25) is 0 Å². The van der Waals surface area contributed by atoms with Crippen molar-refractivity contribution in [3.8, 4) is 28.6 Å². The van der Waals surface area contributed by atoms with E-state index in [-0.39, 0.29) is 6.04 Å². The fraction of sp³-hybridized carbons (Fsp3) is 0.368. The van der Waals surface area contributed by atoms with Crippen molar-refractivity contribution in [1.29, 1.82) is 0 Å². The first kappa shape index (κ1) is 16.5. The predicted molar refractivity (Wildman–Crippen MR) is 96.9 cm³/mol. The van der Waals surface area contributed by atoms with Crippen molar-refractivity contribution in [2.75, 3.05) is 20.3 Å². The summed E-state index contributed by atoms with van der Waals surface area (Å²) in [5.41, 5.74) is 2.97. The fourth-order valence-corrected chi connectivity index (χ4v) is 3.27. The van der Waals surface area contributed by atoms with Gasteiger partial charge in [-0.2, -0.15) is 5.10 Å². The van der Waals surface area contributed by atoms with Gasteiger partial charge in [0.05, 0.1) is 18.4 Å². The van der Waals surface area contributed by atoms with Crippen molar-refractivity contribution in [3.63, 3.8) is 0 Å². The second-order valence-corrected chi connectivity index (χ2v) is 6.45. The number of aromatic nitrogens is 4. The van der Waals surface area contributed by atoms with Crippen LogP contribution in [0.1, 0.15) is 24.4 Å². The zero-order valence-electron chi connectivity index (χ0n) is 15.2. The maximum atomic E-state index is 5.73. The molecule has 4 rings (SSSR count). The molecular formula is C19H22N4O3. The van der Waals surface area contributed by atoms with E-state index in [2.05, 4.69) is 32.7 Å². The number of hydrogen-bond donors (Lipinski definition) is 1. The Morgan fingerprint density at radius 2 is 2.00 bits per heavy atom. The first-order chi connectivity index (χ1) is 12.7. The van der Waals surface area contributed by atoms with Crippen molar-refractivity contribution < 1.29 is 14.2 Å². The maximum Gasteiger partial charge on any atom is 0.165 e. The Bertz CT molecular complexity index is 915. The van der Waals surface area contributed by atoms with Crippen LogP contribution in [0, 0.1) is 6.92 Å². The van der Waals surface area contributed by atoms with Crippen LogP contribution >= 0.6 is 0 Å². The van der Waals surface area contributed by atoms with Crippen LogP contribution in [0.5, 0.6) is 17.2 Å². The number of fused-ring (bicyclic) bond motifs is 1. The summed E-state index contributed by atoms with van der Waals surface area (Å²) in [4.78, 5) is 4.57. The van der Waals surface area contributed by atoms with E-state index in [0.717, 1.165) is 34.9 Å². The Hall–Kier alpha value is -2.96. The van der Waals surface area contributed by atoms with Crippen LogP contribution in [0.4, 0.5) is 0 Å². The lowest BCUT2D eigenvalue weighted by molar-refractivity contribution is 0.171. The van der Waals surface area contributed by atoms with Crippen LogP contribution in [0.2, 0.25) is 0 Å². The minimum Gasteiger partial charge on any atom is -0.496 e. The molecule has 0 fully saturated rings. The lowest BCUT2D eigenvalue weighted by Crippen LogP contribution is -2.16. The summed E-state index contributed by atoms with van der Waals surface area (Å²) in [7, 11) is 1.65. The molecule has 1 unspecified atom stereocenters. The van der Waals surface area contributed by atoms with E-state index in [4.69, 9.17) is 14.2 Å². The minimum absolute atomic E-state index is 0.188. The lowest BCUT2D eigenvalue weighted by Gasteiger charge is -2.22. The normalized spacial score (nSPS) is 14.3. The summed E-state index contributed by atoms with van der Waals surface area (Å²) in [6.07, 6.45) is 4.59. The van der Waals surface area contributed by atoms with Crippen LogP contribution in [0.25, 0.3) is 11.4 Å². The lowest BCUT2D eigenvalue weighted by atomic mass is 10.1. The highest BCUT2D eigenvalue weighted by Crippen LogP contribution is 2.41. The Balaban J connectivity index is 1.70. The first-order valence-corrected chi connectivity index (χ1v) is 8.67. The third-order valence-corrected chi connectivity index (χ3v) is 4.51. The van der Waals surface area contributed by atoms with E-state index in [1.54, 1.807) is 13.3 Å². The highest BCUT2D eigenvalue weighted by molar-refractivity contribution is 5.70. The summed E-state index contributed by atoms with van der Waals surface area (Å²) >= 11 is 0. The first-order valence-electron chi connectivity index (χ1n) is 8.67. The number of aromatic amines is 1. The molecule has 2 aromatic heterocycles. The van der Waals surface area contributed by atoms with Crippen LogP contribution < -0.4 is 14.2 Å². The third-order valence-electron chi connectivity index (χ3n) is 4.51. The molecule has 1 aromatic carbocycles. The number of methoxy groups -OCH3 is 1. The Kier molecular flexibility index (Phi) is 4.28. The molecule has 3 heterocycles. The molecule has 1 aliphatic rings. The molecule has 1 aliphatic heterocycles. The summed E-state index contributed by atoms with van der Waals surface area (Å²) in [5.74, 6) is 2.97. The highest BCUT2D eigenvalue weighted by Gasteiger charge is 2.21. The summed E-state index contributed by atoms with van der Waals surface area (Å²) in [5, 5.41) is 7.33. The Labute approximate surface area is 151 Å². The number of nitrogens with one attached hydrogen (secondary N) is 1. The number of H-pyrrole nitrogens is 1. The Morgan fingerprint density at radius 3 is 2.69 bits per heavy atom. The van der Waals surface area contributed by atoms with Gasteiger partial charge in [0.15, 0.2) is 11.5 Å². The molecule has 26 heavy (non-hydrogen) atoms. The minimum atomic E-state index is 0.188. The molecule has 136 valence electrons. The van der Waals surface area contributed by atoms with Crippen molar-refractivity contribution in [2.45, 2.75) is 26.3 Å². The van der Waals surface area contributed by atoms with Gasteiger partial charge in [-0.1, -0.05) is 0 Å². The van der Waals surface area contributed by atoms with Crippen LogP contribution in [0.3, 0.4) is 0 Å². The number of hydrogen-bond acceptors (Lipinski definition) is 5. The van der Waals surface area contributed by atoms with Gasteiger partial charge in [0, 0.05) is 36.6 Å². The molecular weight excluding hydrogens is 332 g/mol. The molecule has 0 saturated heterocycles. The topological polar surface area (TPSA) is 74.2 Å². The SMILES string of the molecule is COc1cc2c(cc1-c1nccn1C(C)Cc1cc(C)[nH]n1)OCCO2. The van der Waals surface area contributed by atoms with Gasteiger partial charge in [-0.05, 0) is 26.0 Å². The van der Waals surface area contributed by atoms with Crippen LogP contribution in [0.15, 0.2) is 30.6 Å². The molecule has 0 bridgehead atoms. The second kappa shape index (κ2) is 6.74. The fourth-order valence-electron chi connectivity index (χ4n) is 3.27. The van der Waals surface area contributed by atoms with Crippen LogP contribution in [-0.4, -0.2) is 40.1 Å². The number of nitrogens with zero attached hydrogens (tertiary/aromatic N) is 3. The number of aryl methyl sites for hydroxylation is 1. The molecule has 1 N–H and O–H groups in total. The van der Waals surface area contributed by atoms with Gasteiger partial charge in [-0.25, -0.2) is 4.98 Å². The molecule has 7 nitrogen and oxygen atoms in total. The second-order valence-electron chi connectivity index (χ2n) is 6.45. The number of benzene rings is 1. The monoisotopic (exact) mass is 354 g/mol. The third kappa shape index (κ3) is 3.00. The van der Waals surface area contributed by atoms with E-state index in [9.17, 15) is 0 Å². The molecule has 0 aliphatic carbocycles. The van der Waals surface area contributed by atoms with Gasteiger partial charge in [0.1, 0.15) is 24.8 Å². The summed E-state index contributed by atoms with van der Waals surface area (Å²) in [6, 6.07) is 6.06. The average molecular weight is 354 g/mol. The zero-order chi connectivity index (χ0) is 18.1. The van der Waals surface area contributed by atoms with Crippen molar-refractivity contribution in [3.05, 3.63) is 42.0 Å². The molecule has 1 atom stereocenters. The van der Waals surface area contributed by atoms with Gasteiger partial charge < -0.3 is 18.8 Å². The Morgan fingerprint density at radius 1 is 1.23 bits per heavy atom. The number of rotatable bonds is 5. The van der Waals surface area contributed by atoms with Gasteiger partial charge in [-0.15, -0.1) is 0 Å². The quantitative estimate of drug-likeness (QED) is 0.762. The summed E-state index contributed by atoms with van der Waals surface area (Å²) < 4.78 is 19.1. The summed E-state index contributed by atoms with van der Waals surface area (Å²) in [6.45, 7) is 5.25. The smallest absolute Gasteiger partial charge is 0.165 e. The number of ether oxygens (including phenoxy) is 3. The van der Waals surface area contributed by atoms with E-state index in [1.165, 1.54) is 0 Å². The molecule has 3 aromatic rings. The number of imidazole rings is 1. The van der Waals surface area contributed by atoms with Crippen molar-refractivity contribution >= 4 is 0 Å².